The molecule has 2 aliphatic heterocycles. The zero-order valence-corrected chi connectivity index (χ0v) is 20.8. The molecule has 4 aromatic rings. The van der Waals surface area contributed by atoms with E-state index in [1.165, 1.54) is 12.0 Å². The van der Waals surface area contributed by atoms with Crippen LogP contribution in [0, 0.1) is 18.8 Å². The lowest BCUT2D eigenvalue weighted by atomic mass is 9.68. The van der Waals surface area contributed by atoms with Gasteiger partial charge in [0.1, 0.15) is 11.5 Å². The first-order valence-electron chi connectivity index (χ1n) is 12.6. The summed E-state index contributed by atoms with van der Waals surface area (Å²) in [6, 6.07) is 13.5. The number of carboxylic acid groups (broad SMARTS) is 1. The lowest BCUT2D eigenvalue weighted by Gasteiger charge is -2.53. The van der Waals surface area contributed by atoms with Gasteiger partial charge in [0.2, 0.25) is 0 Å². The predicted octanol–water partition coefficient (Wildman–Crippen LogP) is 5.88. The third-order valence-electron chi connectivity index (χ3n) is 7.93. The zero-order valence-electron chi connectivity index (χ0n) is 20.0. The third-order valence-corrected chi connectivity index (χ3v) is 9.01. The second-order valence-electron chi connectivity index (χ2n) is 10.4. The average molecular weight is 502 g/mol. The van der Waals surface area contributed by atoms with Crippen LogP contribution >= 0.6 is 11.3 Å². The molecule has 2 unspecified atom stereocenters. The Hall–Kier alpha value is -3.23. The fraction of sp³-hybridized carbons (Fsp3) is 0.393. The van der Waals surface area contributed by atoms with Gasteiger partial charge in [0, 0.05) is 42.0 Å². The number of hydrogen-bond donors (Lipinski definition) is 1. The van der Waals surface area contributed by atoms with Crippen LogP contribution in [0.3, 0.4) is 0 Å². The minimum Gasteiger partial charge on any atom is -0.478 e. The molecule has 8 heteroatoms. The number of aryl methyl sites for hydroxylation is 1. The number of thiazole rings is 1. The molecular weight excluding hydrogens is 474 g/mol. The largest absolute Gasteiger partial charge is 0.478 e. The van der Waals surface area contributed by atoms with Gasteiger partial charge in [0.05, 0.1) is 28.5 Å². The fourth-order valence-corrected chi connectivity index (χ4v) is 6.83. The molecule has 4 fully saturated rings. The standard InChI is InChI=1S/C28H27N3O4S/c1-15-4-2-3-5-20(15)24-21(26(35-30-24)16-6-7-16)14-34-25-18-10-19(25)13-31(12-18)28-29-22-9-8-17(27(32)33)11-23(22)36-28/h2-5,8-9,11,16,18-19,25H,6-7,10,12-14H2,1H3,(H,32,33). The van der Waals surface area contributed by atoms with Crippen molar-refractivity contribution >= 4 is 32.7 Å². The van der Waals surface area contributed by atoms with Crippen molar-refractivity contribution in [1.82, 2.24) is 10.1 Å². The summed E-state index contributed by atoms with van der Waals surface area (Å²) in [5.41, 5.74) is 5.52. The van der Waals surface area contributed by atoms with E-state index in [0.29, 0.717) is 29.9 Å². The highest BCUT2D eigenvalue weighted by Gasteiger charge is 2.48. The number of hydrogen-bond acceptors (Lipinski definition) is 7. The van der Waals surface area contributed by atoms with Crippen LogP contribution in [0.15, 0.2) is 47.0 Å². The Morgan fingerprint density at radius 3 is 2.75 bits per heavy atom. The second kappa shape index (κ2) is 8.42. The van der Waals surface area contributed by atoms with Gasteiger partial charge in [-0.2, -0.15) is 0 Å². The smallest absolute Gasteiger partial charge is 0.335 e. The summed E-state index contributed by atoms with van der Waals surface area (Å²) >= 11 is 1.57. The van der Waals surface area contributed by atoms with Gasteiger partial charge in [-0.25, -0.2) is 9.78 Å². The van der Waals surface area contributed by atoms with E-state index in [1.54, 1.807) is 29.5 Å². The van der Waals surface area contributed by atoms with Gasteiger partial charge in [0.25, 0.3) is 0 Å². The van der Waals surface area contributed by atoms with Crippen molar-refractivity contribution in [3.05, 3.63) is 64.9 Å². The Bertz CT molecular complexity index is 1460. The molecule has 1 N–H and O–H groups in total. The number of aromatic carboxylic acids is 1. The number of anilines is 1. The van der Waals surface area contributed by atoms with Crippen molar-refractivity contribution in [2.75, 3.05) is 18.0 Å². The van der Waals surface area contributed by atoms with Gasteiger partial charge < -0.3 is 19.3 Å². The van der Waals surface area contributed by atoms with E-state index in [1.807, 2.05) is 6.07 Å². The fourth-order valence-electron chi connectivity index (χ4n) is 5.81. The summed E-state index contributed by atoms with van der Waals surface area (Å²) in [6.07, 6.45) is 3.74. The molecule has 184 valence electrons. The van der Waals surface area contributed by atoms with Crippen LogP contribution in [0.1, 0.15) is 52.4 Å². The Kier molecular flexibility index (Phi) is 5.15. The monoisotopic (exact) mass is 501 g/mol. The number of ether oxygens (including phenoxy) is 1. The molecular formula is C28H27N3O4S. The molecule has 2 atom stereocenters. The molecule has 2 saturated heterocycles. The first-order valence-corrected chi connectivity index (χ1v) is 13.4. The highest BCUT2D eigenvalue weighted by Crippen LogP contribution is 2.47. The Morgan fingerprint density at radius 1 is 1.19 bits per heavy atom. The summed E-state index contributed by atoms with van der Waals surface area (Å²) in [5, 5.41) is 14.7. The zero-order chi connectivity index (χ0) is 24.4. The molecule has 2 saturated carbocycles. The van der Waals surface area contributed by atoms with Crippen LogP contribution in [0.2, 0.25) is 0 Å². The Morgan fingerprint density at radius 2 is 2.00 bits per heavy atom. The maximum Gasteiger partial charge on any atom is 0.335 e. The van der Waals surface area contributed by atoms with Crippen LogP contribution in [0.4, 0.5) is 5.13 Å². The molecule has 2 bridgehead atoms. The highest BCUT2D eigenvalue weighted by molar-refractivity contribution is 7.22. The topological polar surface area (TPSA) is 88.7 Å². The Balaban J connectivity index is 1.07. The lowest BCUT2D eigenvalue weighted by molar-refractivity contribution is -0.111. The van der Waals surface area contributed by atoms with Crippen molar-refractivity contribution in [3.8, 4) is 11.3 Å². The number of rotatable bonds is 7. The molecule has 36 heavy (non-hydrogen) atoms. The van der Waals surface area contributed by atoms with Crippen LogP contribution < -0.4 is 4.90 Å². The van der Waals surface area contributed by atoms with Gasteiger partial charge in [-0.15, -0.1) is 0 Å². The molecule has 8 rings (SSSR count). The third kappa shape index (κ3) is 3.71. The van der Waals surface area contributed by atoms with E-state index in [0.717, 1.165) is 63.9 Å². The number of fused-ring (bicyclic) bond motifs is 3. The maximum atomic E-state index is 11.3. The van der Waals surface area contributed by atoms with E-state index in [9.17, 15) is 9.90 Å². The Labute approximate surface area is 212 Å². The SMILES string of the molecule is Cc1ccccc1-c1noc(C2CC2)c1COC1C2CC1CN(c1nc3ccc(C(=O)O)cc3s1)C2. The van der Waals surface area contributed by atoms with Gasteiger partial charge >= 0.3 is 5.97 Å². The first kappa shape index (κ1) is 22.0. The number of carbonyl (C=O) groups is 1. The number of nitrogens with zero attached hydrogens (tertiary/aromatic N) is 3. The first-order chi connectivity index (χ1) is 17.5. The van der Waals surface area contributed by atoms with Crippen molar-refractivity contribution < 1.29 is 19.2 Å². The summed E-state index contributed by atoms with van der Waals surface area (Å²) in [5.74, 6) is 1.52. The van der Waals surface area contributed by atoms with E-state index in [-0.39, 0.29) is 6.10 Å². The number of carboxylic acids is 1. The quantitative estimate of drug-likeness (QED) is 0.338. The van der Waals surface area contributed by atoms with Crippen LogP contribution in [-0.2, 0) is 11.3 Å². The molecule has 2 aromatic carbocycles. The average Bonchev–Trinajstić information content (AvgIpc) is 3.49. The van der Waals surface area contributed by atoms with Gasteiger partial charge in [0.15, 0.2) is 5.13 Å². The molecule has 7 nitrogen and oxygen atoms in total. The summed E-state index contributed by atoms with van der Waals surface area (Å²) in [6.45, 7) is 4.48. The molecule has 0 spiro atoms. The maximum absolute atomic E-state index is 11.3. The van der Waals surface area contributed by atoms with Crippen molar-refractivity contribution in [3.63, 3.8) is 0 Å². The van der Waals surface area contributed by atoms with Crippen LogP contribution in [0.5, 0.6) is 0 Å². The molecule has 4 aliphatic rings. The van der Waals surface area contributed by atoms with E-state index in [4.69, 9.17) is 14.2 Å². The van der Waals surface area contributed by atoms with E-state index < -0.39 is 5.97 Å². The van der Waals surface area contributed by atoms with Crippen LogP contribution in [-0.4, -0.2) is 40.4 Å². The second-order valence-corrected chi connectivity index (χ2v) is 11.4. The summed E-state index contributed by atoms with van der Waals surface area (Å²) in [7, 11) is 0. The minimum atomic E-state index is -0.908. The number of aromatic nitrogens is 2. The van der Waals surface area contributed by atoms with Crippen molar-refractivity contribution in [2.45, 2.75) is 44.8 Å². The van der Waals surface area contributed by atoms with Gasteiger partial charge in [-0.1, -0.05) is 40.8 Å². The van der Waals surface area contributed by atoms with E-state index >= 15 is 0 Å². The van der Waals surface area contributed by atoms with Gasteiger partial charge in [-0.05, 0) is 49.9 Å². The molecule has 0 amide bonds. The predicted molar refractivity (Wildman–Crippen MR) is 138 cm³/mol. The molecule has 4 heterocycles. The van der Waals surface area contributed by atoms with Gasteiger partial charge in [-0.3, -0.25) is 0 Å². The summed E-state index contributed by atoms with van der Waals surface area (Å²) in [4.78, 5) is 18.4. The highest BCUT2D eigenvalue weighted by atomic mass is 32.1. The van der Waals surface area contributed by atoms with E-state index in [2.05, 4.69) is 35.2 Å². The number of piperidine rings is 2. The van der Waals surface area contributed by atoms with Crippen molar-refractivity contribution in [1.29, 1.82) is 0 Å². The number of benzene rings is 2. The molecule has 0 radical (unpaired) electrons. The molecule has 2 aliphatic carbocycles. The molecule has 2 aromatic heterocycles. The summed E-state index contributed by atoms with van der Waals surface area (Å²) < 4.78 is 13.4. The minimum absolute atomic E-state index is 0.237. The lowest BCUT2D eigenvalue weighted by Crippen LogP contribution is -2.59. The normalized spacial score (nSPS) is 23.1. The van der Waals surface area contributed by atoms with Crippen molar-refractivity contribution in [2.24, 2.45) is 11.8 Å². The van der Waals surface area contributed by atoms with Crippen LogP contribution in [0.25, 0.3) is 21.5 Å².